The van der Waals surface area contributed by atoms with Gasteiger partial charge in [0.25, 0.3) is 0 Å². The second-order valence-corrected chi connectivity index (χ2v) is 9.32. The number of furan rings is 1. The van der Waals surface area contributed by atoms with Gasteiger partial charge in [-0.15, -0.1) is 11.3 Å². The molecule has 4 fully saturated rings. The second kappa shape index (κ2) is 5.70. The van der Waals surface area contributed by atoms with Crippen molar-refractivity contribution in [2.24, 2.45) is 17.8 Å². The minimum Gasteiger partial charge on any atom is -0.468 e. The van der Waals surface area contributed by atoms with Crippen LogP contribution in [0.4, 0.5) is 0 Å². The highest BCUT2D eigenvalue weighted by atomic mass is 32.1. The minimum absolute atomic E-state index is 0.227. The van der Waals surface area contributed by atoms with Crippen molar-refractivity contribution in [1.82, 2.24) is 10.3 Å². The summed E-state index contributed by atoms with van der Waals surface area (Å²) in [5, 5.41) is 7.25. The fraction of sp³-hybridized carbons (Fsp3) is 0.650. The van der Waals surface area contributed by atoms with E-state index >= 15 is 0 Å². The summed E-state index contributed by atoms with van der Waals surface area (Å²) >= 11 is 1.91. The van der Waals surface area contributed by atoms with E-state index in [2.05, 4.69) is 17.6 Å². The first-order chi connectivity index (χ1) is 11.7. The van der Waals surface area contributed by atoms with Crippen LogP contribution in [-0.4, -0.2) is 4.98 Å². The van der Waals surface area contributed by atoms with Gasteiger partial charge in [0.2, 0.25) is 0 Å². The topological polar surface area (TPSA) is 38.1 Å². The van der Waals surface area contributed by atoms with Gasteiger partial charge in [0.05, 0.1) is 23.0 Å². The molecule has 0 saturated heterocycles. The summed E-state index contributed by atoms with van der Waals surface area (Å²) in [7, 11) is 0. The molecule has 2 aromatic heterocycles. The van der Waals surface area contributed by atoms with Crippen LogP contribution in [-0.2, 0) is 12.0 Å². The molecule has 2 heterocycles. The van der Waals surface area contributed by atoms with Crippen LogP contribution >= 0.6 is 11.3 Å². The number of aromatic nitrogens is 1. The van der Waals surface area contributed by atoms with Gasteiger partial charge in [0.1, 0.15) is 5.76 Å². The standard InChI is InChI=1S/C20H26N2OS/c1-13(18-3-2-4-23-18)21-11-17-12-24-19(22-17)20-8-14-5-15(9-20)7-16(6-14)10-20/h2-4,12-16,21H,5-11H2,1H3. The Labute approximate surface area is 147 Å². The van der Waals surface area contributed by atoms with E-state index in [0.29, 0.717) is 5.41 Å². The molecule has 1 unspecified atom stereocenters. The number of nitrogens with zero attached hydrogens (tertiary/aromatic N) is 1. The lowest BCUT2D eigenvalue weighted by Gasteiger charge is -2.56. The zero-order chi connectivity index (χ0) is 16.1. The average Bonchev–Trinajstić information content (AvgIpc) is 3.23. The van der Waals surface area contributed by atoms with Gasteiger partial charge in [-0.05, 0) is 75.3 Å². The fourth-order valence-corrected chi connectivity index (χ4v) is 6.95. The molecule has 6 rings (SSSR count). The van der Waals surface area contributed by atoms with Crippen molar-refractivity contribution in [2.75, 3.05) is 0 Å². The van der Waals surface area contributed by atoms with Gasteiger partial charge >= 0.3 is 0 Å². The van der Waals surface area contributed by atoms with Gasteiger partial charge in [0, 0.05) is 17.3 Å². The fourth-order valence-electron chi connectivity index (χ4n) is 5.90. The maximum atomic E-state index is 5.47. The van der Waals surface area contributed by atoms with Crippen LogP contribution in [0.3, 0.4) is 0 Å². The third-order valence-electron chi connectivity index (χ3n) is 6.60. The molecule has 4 saturated carbocycles. The number of nitrogens with one attached hydrogen (secondary N) is 1. The lowest BCUT2D eigenvalue weighted by Crippen LogP contribution is -2.48. The summed E-state index contributed by atoms with van der Waals surface area (Å²) in [5.41, 5.74) is 1.63. The molecule has 4 aliphatic rings. The van der Waals surface area contributed by atoms with E-state index in [9.17, 15) is 0 Å². The van der Waals surface area contributed by atoms with Gasteiger partial charge in [0.15, 0.2) is 0 Å². The number of rotatable bonds is 5. The largest absolute Gasteiger partial charge is 0.468 e. The smallest absolute Gasteiger partial charge is 0.120 e. The molecule has 128 valence electrons. The quantitative estimate of drug-likeness (QED) is 0.826. The highest BCUT2D eigenvalue weighted by molar-refractivity contribution is 7.09. The maximum absolute atomic E-state index is 5.47. The molecular weight excluding hydrogens is 316 g/mol. The van der Waals surface area contributed by atoms with E-state index in [0.717, 1.165) is 30.1 Å². The van der Waals surface area contributed by atoms with Gasteiger partial charge in [-0.3, -0.25) is 0 Å². The summed E-state index contributed by atoms with van der Waals surface area (Å²) in [5.74, 6) is 3.95. The molecule has 1 N–H and O–H groups in total. The molecule has 0 aliphatic heterocycles. The van der Waals surface area contributed by atoms with Crippen molar-refractivity contribution in [3.05, 3.63) is 40.2 Å². The van der Waals surface area contributed by atoms with E-state index in [1.165, 1.54) is 49.2 Å². The molecule has 0 radical (unpaired) electrons. The monoisotopic (exact) mass is 342 g/mol. The van der Waals surface area contributed by atoms with Crippen LogP contribution in [0.25, 0.3) is 0 Å². The van der Waals surface area contributed by atoms with Crippen LogP contribution in [0.2, 0.25) is 0 Å². The highest BCUT2D eigenvalue weighted by Gasteiger charge is 2.52. The lowest BCUT2D eigenvalue weighted by molar-refractivity contribution is -0.00534. The van der Waals surface area contributed by atoms with Gasteiger partial charge < -0.3 is 9.73 Å². The SMILES string of the molecule is CC(NCc1csc(C23CC4CC(CC(C4)C2)C3)n1)c1ccco1. The Morgan fingerprint density at radius 2 is 1.96 bits per heavy atom. The summed E-state index contributed by atoms with van der Waals surface area (Å²) in [6, 6.07) is 4.20. The molecular formula is C20H26N2OS. The molecule has 4 heteroatoms. The van der Waals surface area contributed by atoms with Crippen molar-refractivity contribution in [3.8, 4) is 0 Å². The molecule has 4 bridgehead atoms. The first kappa shape index (κ1) is 15.2. The summed E-state index contributed by atoms with van der Waals surface area (Å²) in [6.45, 7) is 2.97. The van der Waals surface area contributed by atoms with Crippen molar-refractivity contribution in [1.29, 1.82) is 0 Å². The zero-order valence-electron chi connectivity index (χ0n) is 14.3. The lowest BCUT2D eigenvalue weighted by atomic mass is 9.50. The third-order valence-corrected chi connectivity index (χ3v) is 7.74. The molecule has 3 nitrogen and oxygen atoms in total. The van der Waals surface area contributed by atoms with E-state index in [1.807, 2.05) is 23.5 Å². The maximum Gasteiger partial charge on any atom is 0.120 e. The van der Waals surface area contributed by atoms with Crippen LogP contribution in [0.15, 0.2) is 28.2 Å². The van der Waals surface area contributed by atoms with Crippen LogP contribution in [0.1, 0.15) is 68.0 Å². The average molecular weight is 343 g/mol. The normalized spacial score (nSPS) is 35.5. The van der Waals surface area contributed by atoms with Gasteiger partial charge in [-0.2, -0.15) is 0 Å². The molecule has 0 amide bonds. The Morgan fingerprint density at radius 3 is 2.58 bits per heavy atom. The van der Waals surface area contributed by atoms with Crippen LogP contribution in [0.5, 0.6) is 0 Å². The Balaban J connectivity index is 1.29. The predicted molar refractivity (Wildman–Crippen MR) is 95.9 cm³/mol. The zero-order valence-corrected chi connectivity index (χ0v) is 15.1. The molecule has 2 aromatic rings. The van der Waals surface area contributed by atoms with Gasteiger partial charge in [-0.25, -0.2) is 4.98 Å². The Bertz CT molecular complexity index is 670. The van der Waals surface area contributed by atoms with Crippen LogP contribution < -0.4 is 5.32 Å². The summed E-state index contributed by atoms with van der Waals surface area (Å²) in [6.07, 6.45) is 10.5. The van der Waals surface area contributed by atoms with Crippen molar-refractivity contribution in [3.63, 3.8) is 0 Å². The second-order valence-electron chi connectivity index (χ2n) is 8.46. The molecule has 1 atom stereocenters. The third kappa shape index (κ3) is 2.55. The Hall–Kier alpha value is -1.13. The van der Waals surface area contributed by atoms with Crippen LogP contribution in [0, 0.1) is 17.8 Å². The van der Waals surface area contributed by atoms with Crippen molar-refractivity contribution < 1.29 is 4.42 Å². The minimum atomic E-state index is 0.227. The van der Waals surface area contributed by atoms with E-state index in [-0.39, 0.29) is 6.04 Å². The van der Waals surface area contributed by atoms with E-state index in [4.69, 9.17) is 9.40 Å². The first-order valence-electron chi connectivity index (χ1n) is 9.42. The Kier molecular flexibility index (Phi) is 3.60. The number of thiazole rings is 1. The van der Waals surface area contributed by atoms with Crippen molar-refractivity contribution >= 4 is 11.3 Å². The first-order valence-corrected chi connectivity index (χ1v) is 10.3. The highest BCUT2D eigenvalue weighted by Crippen LogP contribution is 2.61. The molecule has 4 aliphatic carbocycles. The molecule has 0 spiro atoms. The predicted octanol–water partition coefficient (Wildman–Crippen LogP) is 5.05. The number of hydrogen-bond acceptors (Lipinski definition) is 4. The molecule has 24 heavy (non-hydrogen) atoms. The van der Waals surface area contributed by atoms with E-state index in [1.54, 1.807) is 6.26 Å². The number of hydrogen-bond donors (Lipinski definition) is 1. The van der Waals surface area contributed by atoms with Crippen molar-refractivity contribution in [2.45, 2.75) is 63.5 Å². The van der Waals surface area contributed by atoms with Gasteiger partial charge in [-0.1, -0.05) is 0 Å². The van der Waals surface area contributed by atoms with E-state index < -0.39 is 0 Å². The molecule has 0 aromatic carbocycles. The summed E-state index contributed by atoms with van der Waals surface area (Å²) in [4.78, 5) is 5.08. The Morgan fingerprint density at radius 1 is 1.25 bits per heavy atom. The summed E-state index contributed by atoms with van der Waals surface area (Å²) < 4.78 is 5.47.